The SMILES string of the molecule is COc1ccccc1[C@@H]1CC(=O)Nc2c(C(=O)O)cn(-c3ccccc3)c21. The van der Waals surface area contributed by atoms with E-state index in [2.05, 4.69) is 5.32 Å². The van der Waals surface area contributed by atoms with Gasteiger partial charge in [0, 0.05) is 29.8 Å². The highest BCUT2D eigenvalue weighted by Gasteiger charge is 2.35. The largest absolute Gasteiger partial charge is 0.496 e. The van der Waals surface area contributed by atoms with Crippen molar-refractivity contribution >= 4 is 17.6 Å². The first-order valence-electron chi connectivity index (χ1n) is 8.57. The van der Waals surface area contributed by atoms with Gasteiger partial charge in [-0.1, -0.05) is 36.4 Å². The topological polar surface area (TPSA) is 80.6 Å². The molecule has 3 aromatic rings. The number of fused-ring (bicyclic) bond motifs is 1. The maximum atomic E-state index is 12.4. The van der Waals surface area contributed by atoms with Crippen LogP contribution in [0.4, 0.5) is 5.69 Å². The van der Waals surface area contributed by atoms with Gasteiger partial charge in [0.2, 0.25) is 5.91 Å². The highest BCUT2D eigenvalue weighted by molar-refractivity contribution is 6.04. The van der Waals surface area contributed by atoms with Crippen molar-refractivity contribution in [2.45, 2.75) is 12.3 Å². The molecule has 1 amide bonds. The zero-order valence-electron chi connectivity index (χ0n) is 14.7. The fraction of sp³-hybridized carbons (Fsp3) is 0.143. The summed E-state index contributed by atoms with van der Waals surface area (Å²) < 4.78 is 7.33. The number of ether oxygens (including phenoxy) is 1. The second-order valence-electron chi connectivity index (χ2n) is 6.36. The molecule has 27 heavy (non-hydrogen) atoms. The lowest BCUT2D eigenvalue weighted by molar-refractivity contribution is -0.116. The number of benzene rings is 2. The van der Waals surface area contributed by atoms with Gasteiger partial charge in [-0.3, -0.25) is 4.79 Å². The van der Waals surface area contributed by atoms with Crippen LogP contribution in [-0.2, 0) is 4.79 Å². The Hall–Kier alpha value is -3.54. The zero-order chi connectivity index (χ0) is 19.0. The molecule has 0 spiro atoms. The molecular formula is C21H18N2O4. The number of para-hydroxylation sites is 2. The average molecular weight is 362 g/mol. The molecular weight excluding hydrogens is 344 g/mol. The van der Waals surface area contributed by atoms with Crippen LogP contribution in [0.25, 0.3) is 5.69 Å². The van der Waals surface area contributed by atoms with Crippen LogP contribution in [0.15, 0.2) is 60.8 Å². The van der Waals surface area contributed by atoms with E-state index in [9.17, 15) is 14.7 Å². The van der Waals surface area contributed by atoms with Gasteiger partial charge >= 0.3 is 5.97 Å². The fourth-order valence-electron chi connectivity index (χ4n) is 3.64. The molecule has 0 aliphatic carbocycles. The van der Waals surface area contributed by atoms with Gasteiger partial charge in [0.1, 0.15) is 11.3 Å². The van der Waals surface area contributed by atoms with E-state index < -0.39 is 5.97 Å². The summed E-state index contributed by atoms with van der Waals surface area (Å²) in [4.78, 5) is 24.2. The van der Waals surface area contributed by atoms with Crippen molar-refractivity contribution in [1.29, 1.82) is 0 Å². The number of aromatic carboxylic acids is 1. The number of hydrogen-bond donors (Lipinski definition) is 2. The molecule has 0 fully saturated rings. The van der Waals surface area contributed by atoms with Gasteiger partial charge < -0.3 is 19.7 Å². The van der Waals surface area contributed by atoms with E-state index in [1.54, 1.807) is 13.3 Å². The zero-order valence-corrected chi connectivity index (χ0v) is 14.7. The van der Waals surface area contributed by atoms with Crippen molar-refractivity contribution in [2.24, 2.45) is 0 Å². The van der Waals surface area contributed by atoms with Crippen LogP contribution in [0.2, 0.25) is 0 Å². The average Bonchev–Trinajstić information content (AvgIpc) is 3.07. The molecule has 0 saturated carbocycles. The highest BCUT2D eigenvalue weighted by Crippen LogP contribution is 2.44. The number of amides is 1. The molecule has 2 N–H and O–H groups in total. The Morgan fingerprint density at radius 1 is 1.15 bits per heavy atom. The summed E-state index contributed by atoms with van der Waals surface area (Å²) >= 11 is 0. The minimum absolute atomic E-state index is 0.0711. The van der Waals surface area contributed by atoms with Crippen LogP contribution in [0, 0.1) is 0 Å². The number of anilines is 1. The Morgan fingerprint density at radius 3 is 2.56 bits per heavy atom. The van der Waals surface area contributed by atoms with Gasteiger partial charge in [0.05, 0.1) is 18.5 Å². The Bertz CT molecular complexity index is 1020. The first-order chi connectivity index (χ1) is 13.1. The quantitative estimate of drug-likeness (QED) is 0.742. The van der Waals surface area contributed by atoms with Crippen LogP contribution >= 0.6 is 0 Å². The standard InChI is InChI=1S/C21H18N2O4/c1-27-17-10-6-5-9-14(17)15-11-18(24)22-19-16(21(25)26)12-23(20(15)19)13-7-3-2-4-8-13/h2-10,12,15H,11H2,1H3,(H,22,24)(H,25,26)/t15-/m0/s1. The molecule has 0 unspecified atom stereocenters. The van der Waals surface area contributed by atoms with Gasteiger partial charge in [0.25, 0.3) is 0 Å². The monoisotopic (exact) mass is 362 g/mol. The third-order valence-corrected chi connectivity index (χ3v) is 4.81. The number of hydrogen-bond acceptors (Lipinski definition) is 3. The summed E-state index contributed by atoms with van der Waals surface area (Å²) in [6.45, 7) is 0. The van der Waals surface area contributed by atoms with Crippen LogP contribution < -0.4 is 10.1 Å². The summed E-state index contributed by atoms with van der Waals surface area (Å²) in [5, 5.41) is 12.4. The third-order valence-electron chi connectivity index (χ3n) is 4.81. The molecule has 0 bridgehead atoms. The molecule has 1 aromatic heterocycles. The van der Waals surface area contributed by atoms with E-state index in [0.29, 0.717) is 11.4 Å². The number of nitrogens with one attached hydrogen (secondary N) is 1. The van der Waals surface area contributed by atoms with Crippen molar-refractivity contribution in [1.82, 2.24) is 4.57 Å². The first kappa shape index (κ1) is 16.9. The predicted molar refractivity (Wildman–Crippen MR) is 101 cm³/mol. The molecule has 2 aromatic carbocycles. The molecule has 1 aliphatic rings. The number of carbonyl (C=O) groups is 2. The van der Waals surface area contributed by atoms with Crippen LogP contribution in [0.5, 0.6) is 5.75 Å². The summed E-state index contributed by atoms with van der Waals surface area (Å²) in [6, 6.07) is 17.0. The molecule has 1 aliphatic heterocycles. The van der Waals surface area contributed by atoms with Gasteiger partial charge in [-0.15, -0.1) is 0 Å². The lowest BCUT2D eigenvalue weighted by atomic mass is 9.87. The Kier molecular flexibility index (Phi) is 4.16. The van der Waals surface area contributed by atoms with E-state index in [0.717, 1.165) is 16.9 Å². The Balaban J connectivity index is 1.99. The summed E-state index contributed by atoms with van der Waals surface area (Å²) in [6.07, 6.45) is 1.78. The molecule has 136 valence electrons. The van der Waals surface area contributed by atoms with E-state index in [1.807, 2.05) is 59.2 Å². The van der Waals surface area contributed by atoms with Crippen molar-refractivity contribution in [3.05, 3.63) is 77.6 Å². The van der Waals surface area contributed by atoms with E-state index >= 15 is 0 Å². The number of aromatic nitrogens is 1. The number of carboxylic acids is 1. The van der Waals surface area contributed by atoms with Crippen LogP contribution in [-0.4, -0.2) is 28.7 Å². The number of nitrogens with zero attached hydrogens (tertiary/aromatic N) is 1. The number of rotatable bonds is 4. The number of carboxylic acid groups (broad SMARTS) is 1. The molecule has 6 nitrogen and oxygen atoms in total. The minimum Gasteiger partial charge on any atom is -0.496 e. The number of carbonyl (C=O) groups excluding carboxylic acids is 1. The Labute approximate surface area is 156 Å². The Morgan fingerprint density at radius 2 is 1.85 bits per heavy atom. The van der Waals surface area contributed by atoms with Crippen LogP contribution in [0.1, 0.15) is 34.0 Å². The van der Waals surface area contributed by atoms with Gasteiger partial charge in [-0.05, 0) is 18.2 Å². The third kappa shape index (κ3) is 2.85. The molecule has 2 heterocycles. The molecule has 6 heteroatoms. The maximum Gasteiger partial charge on any atom is 0.339 e. The minimum atomic E-state index is -1.08. The predicted octanol–water partition coefficient (Wildman–Crippen LogP) is 3.66. The van der Waals surface area contributed by atoms with E-state index in [4.69, 9.17) is 4.74 Å². The second-order valence-corrected chi connectivity index (χ2v) is 6.36. The fourth-order valence-corrected chi connectivity index (χ4v) is 3.64. The number of methoxy groups -OCH3 is 1. The van der Waals surface area contributed by atoms with Crippen molar-refractivity contribution in [3.8, 4) is 11.4 Å². The normalized spacial score (nSPS) is 15.7. The lowest BCUT2D eigenvalue weighted by Crippen LogP contribution is -2.25. The van der Waals surface area contributed by atoms with Gasteiger partial charge in [0.15, 0.2) is 0 Å². The molecule has 0 radical (unpaired) electrons. The highest BCUT2D eigenvalue weighted by atomic mass is 16.5. The molecule has 1 atom stereocenters. The summed E-state index contributed by atoms with van der Waals surface area (Å²) in [7, 11) is 1.58. The first-order valence-corrected chi connectivity index (χ1v) is 8.57. The maximum absolute atomic E-state index is 12.4. The van der Waals surface area contributed by atoms with E-state index in [-0.39, 0.29) is 23.8 Å². The van der Waals surface area contributed by atoms with Crippen LogP contribution in [0.3, 0.4) is 0 Å². The van der Waals surface area contributed by atoms with Crippen molar-refractivity contribution < 1.29 is 19.4 Å². The van der Waals surface area contributed by atoms with E-state index in [1.165, 1.54) is 0 Å². The molecule has 0 saturated heterocycles. The smallest absolute Gasteiger partial charge is 0.339 e. The second kappa shape index (κ2) is 6.64. The lowest BCUT2D eigenvalue weighted by Gasteiger charge is -2.27. The van der Waals surface area contributed by atoms with Crippen molar-refractivity contribution in [3.63, 3.8) is 0 Å². The van der Waals surface area contributed by atoms with Gasteiger partial charge in [-0.25, -0.2) is 4.79 Å². The summed E-state index contributed by atoms with van der Waals surface area (Å²) in [5.41, 5.74) is 2.84. The van der Waals surface area contributed by atoms with Gasteiger partial charge in [-0.2, -0.15) is 0 Å². The molecule has 4 rings (SSSR count). The summed E-state index contributed by atoms with van der Waals surface area (Å²) in [5.74, 6) is -0.951. The van der Waals surface area contributed by atoms with Crippen molar-refractivity contribution in [2.75, 3.05) is 12.4 Å².